The van der Waals surface area contributed by atoms with Gasteiger partial charge in [-0.05, 0) is 24.8 Å². The molecule has 1 unspecified atom stereocenters. The zero-order chi connectivity index (χ0) is 14.2. The normalized spacial score (nSPS) is 16.2. The van der Waals surface area contributed by atoms with Gasteiger partial charge in [-0.25, -0.2) is 4.79 Å². The van der Waals surface area contributed by atoms with E-state index in [2.05, 4.69) is 5.32 Å². The number of hydrogen-bond donors (Lipinski definition) is 2. The van der Waals surface area contributed by atoms with Crippen LogP contribution < -0.4 is 5.32 Å². The first-order valence-corrected chi connectivity index (χ1v) is 6.97. The van der Waals surface area contributed by atoms with Gasteiger partial charge in [0.1, 0.15) is 6.61 Å². The summed E-state index contributed by atoms with van der Waals surface area (Å²) in [4.78, 5) is 11.6. The number of amides is 1. The maximum Gasteiger partial charge on any atom is 0.407 e. The van der Waals surface area contributed by atoms with Crippen molar-refractivity contribution in [1.82, 2.24) is 5.32 Å². The standard InChI is InChI=1S/C15H21NO4/c17-9-13(11-19-14-7-4-8-14)16-15(18)20-10-12-5-2-1-3-6-12/h1-3,5-6,13-14,17H,4,7-11H2,(H,16,18). The largest absolute Gasteiger partial charge is 0.445 e. The van der Waals surface area contributed by atoms with Gasteiger partial charge in [-0.15, -0.1) is 0 Å². The highest BCUT2D eigenvalue weighted by Crippen LogP contribution is 2.21. The second kappa shape index (κ2) is 7.87. The Kier molecular flexibility index (Phi) is 5.83. The van der Waals surface area contributed by atoms with E-state index in [1.165, 1.54) is 6.42 Å². The van der Waals surface area contributed by atoms with Gasteiger partial charge < -0.3 is 19.9 Å². The molecule has 110 valence electrons. The molecular weight excluding hydrogens is 258 g/mol. The van der Waals surface area contributed by atoms with Crippen LogP contribution >= 0.6 is 0 Å². The highest BCUT2D eigenvalue weighted by molar-refractivity contribution is 5.67. The van der Waals surface area contributed by atoms with Gasteiger partial charge in [0, 0.05) is 0 Å². The SMILES string of the molecule is O=C(NC(CO)COC1CCC1)OCc1ccccc1. The Balaban J connectivity index is 1.65. The molecule has 0 heterocycles. The number of alkyl carbamates (subject to hydrolysis) is 1. The minimum absolute atomic E-state index is 0.160. The Morgan fingerprint density at radius 2 is 2.10 bits per heavy atom. The maximum absolute atomic E-state index is 11.6. The van der Waals surface area contributed by atoms with Crippen LogP contribution in [0.3, 0.4) is 0 Å². The lowest BCUT2D eigenvalue weighted by molar-refractivity contribution is -0.0154. The van der Waals surface area contributed by atoms with Crippen LogP contribution in [-0.2, 0) is 16.1 Å². The van der Waals surface area contributed by atoms with Gasteiger partial charge in [0.2, 0.25) is 0 Å². The van der Waals surface area contributed by atoms with Crippen LogP contribution in [0.15, 0.2) is 30.3 Å². The van der Waals surface area contributed by atoms with Crippen LogP contribution in [0.25, 0.3) is 0 Å². The number of carbonyl (C=O) groups is 1. The Bertz CT molecular complexity index is 406. The lowest BCUT2D eigenvalue weighted by Crippen LogP contribution is -2.42. The Labute approximate surface area is 118 Å². The summed E-state index contributed by atoms with van der Waals surface area (Å²) in [6.45, 7) is 0.378. The number of aliphatic hydroxyl groups is 1. The van der Waals surface area contributed by atoms with Crippen LogP contribution in [0, 0.1) is 0 Å². The molecule has 1 aromatic carbocycles. The zero-order valence-electron chi connectivity index (χ0n) is 11.5. The second-order valence-electron chi connectivity index (χ2n) is 4.97. The van der Waals surface area contributed by atoms with Crippen molar-refractivity contribution in [3.63, 3.8) is 0 Å². The van der Waals surface area contributed by atoms with Crippen LogP contribution in [-0.4, -0.2) is 36.6 Å². The average Bonchev–Trinajstić information content (AvgIpc) is 2.43. The van der Waals surface area contributed by atoms with Crippen LogP contribution in [0.2, 0.25) is 0 Å². The predicted octanol–water partition coefficient (Wildman–Crippen LogP) is 1.84. The summed E-state index contributed by atoms with van der Waals surface area (Å²) in [5.41, 5.74) is 0.925. The van der Waals surface area contributed by atoms with Crippen molar-refractivity contribution in [3.05, 3.63) is 35.9 Å². The van der Waals surface area contributed by atoms with Crippen LogP contribution in [0.5, 0.6) is 0 Å². The highest BCUT2D eigenvalue weighted by Gasteiger charge is 2.20. The maximum atomic E-state index is 11.6. The summed E-state index contributed by atoms with van der Waals surface area (Å²) in [5.74, 6) is 0. The fraction of sp³-hybridized carbons (Fsp3) is 0.533. The molecule has 1 aromatic rings. The molecule has 0 spiro atoms. The van der Waals surface area contributed by atoms with Gasteiger partial charge in [0.05, 0.1) is 25.4 Å². The topological polar surface area (TPSA) is 67.8 Å². The van der Waals surface area contributed by atoms with E-state index >= 15 is 0 Å². The smallest absolute Gasteiger partial charge is 0.407 e. The minimum Gasteiger partial charge on any atom is -0.445 e. The number of nitrogens with one attached hydrogen (secondary N) is 1. The summed E-state index contributed by atoms with van der Waals surface area (Å²) in [7, 11) is 0. The van der Waals surface area contributed by atoms with Gasteiger partial charge in [0.25, 0.3) is 0 Å². The first kappa shape index (κ1) is 14.8. The molecule has 0 aliphatic heterocycles. The molecule has 20 heavy (non-hydrogen) atoms. The molecule has 0 aromatic heterocycles. The van der Waals surface area contributed by atoms with Crippen molar-refractivity contribution in [2.45, 2.75) is 38.0 Å². The van der Waals surface area contributed by atoms with Crippen molar-refractivity contribution in [2.24, 2.45) is 0 Å². The van der Waals surface area contributed by atoms with E-state index in [-0.39, 0.29) is 19.3 Å². The molecule has 5 heteroatoms. The van der Waals surface area contributed by atoms with E-state index < -0.39 is 12.1 Å². The molecule has 1 amide bonds. The number of hydrogen-bond acceptors (Lipinski definition) is 4. The van der Waals surface area contributed by atoms with E-state index in [0.29, 0.717) is 6.61 Å². The van der Waals surface area contributed by atoms with Gasteiger partial charge >= 0.3 is 6.09 Å². The molecule has 1 saturated carbocycles. The summed E-state index contributed by atoms with van der Waals surface area (Å²) >= 11 is 0. The van der Waals surface area contributed by atoms with Crippen LogP contribution in [0.4, 0.5) is 4.79 Å². The van der Waals surface area contributed by atoms with E-state index in [1.54, 1.807) is 0 Å². The third-order valence-corrected chi connectivity index (χ3v) is 3.34. The van der Waals surface area contributed by atoms with Crippen molar-refractivity contribution < 1.29 is 19.4 Å². The quantitative estimate of drug-likeness (QED) is 0.799. The molecule has 2 N–H and O–H groups in total. The number of ether oxygens (including phenoxy) is 2. The predicted molar refractivity (Wildman–Crippen MR) is 74.2 cm³/mol. The Morgan fingerprint density at radius 1 is 1.35 bits per heavy atom. The number of carbonyl (C=O) groups excluding carboxylic acids is 1. The van der Waals surface area contributed by atoms with E-state index in [0.717, 1.165) is 18.4 Å². The first-order chi connectivity index (χ1) is 9.78. The average molecular weight is 279 g/mol. The van der Waals surface area contributed by atoms with E-state index in [4.69, 9.17) is 9.47 Å². The van der Waals surface area contributed by atoms with Gasteiger partial charge in [-0.3, -0.25) is 0 Å². The molecule has 2 rings (SSSR count). The molecule has 1 atom stereocenters. The number of aliphatic hydroxyl groups excluding tert-OH is 1. The third kappa shape index (κ3) is 4.83. The lowest BCUT2D eigenvalue weighted by Gasteiger charge is -2.27. The van der Waals surface area contributed by atoms with Gasteiger partial charge in [0.15, 0.2) is 0 Å². The zero-order valence-corrected chi connectivity index (χ0v) is 11.5. The second-order valence-corrected chi connectivity index (χ2v) is 4.97. The highest BCUT2D eigenvalue weighted by atomic mass is 16.5. The fourth-order valence-electron chi connectivity index (χ4n) is 1.86. The summed E-state index contributed by atoms with van der Waals surface area (Å²) in [6.07, 6.45) is 3.07. The molecule has 1 aliphatic rings. The number of rotatable bonds is 7. The molecule has 1 fully saturated rings. The van der Waals surface area contributed by atoms with E-state index in [9.17, 15) is 9.90 Å². The van der Waals surface area contributed by atoms with Crippen molar-refractivity contribution >= 4 is 6.09 Å². The van der Waals surface area contributed by atoms with Crippen molar-refractivity contribution in [3.8, 4) is 0 Å². The summed E-state index contributed by atoms with van der Waals surface area (Å²) in [5, 5.41) is 11.8. The first-order valence-electron chi connectivity index (χ1n) is 6.97. The van der Waals surface area contributed by atoms with Gasteiger partial charge in [-0.1, -0.05) is 30.3 Å². The minimum atomic E-state index is -0.537. The molecule has 0 radical (unpaired) electrons. The summed E-state index contributed by atoms with van der Waals surface area (Å²) in [6, 6.07) is 9.04. The lowest BCUT2D eigenvalue weighted by atomic mass is 9.96. The van der Waals surface area contributed by atoms with E-state index in [1.807, 2.05) is 30.3 Å². The van der Waals surface area contributed by atoms with Crippen molar-refractivity contribution in [2.75, 3.05) is 13.2 Å². The van der Waals surface area contributed by atoms with Crippen LogP contribution in [0.1, 0.15) is 24.8 Å². The monoisotopic (exact) mass is 279 g/mol. The molecular formula is C15H21NO4. The Hall–Kier alpha value is -1.59. The molecule has 0 bridgehead atoms. The molecule has 5 nitrogen and oxygen atoms in total. The van der Waals surface area contributed by atoms with Crippen molar-refractivity contribution in [1.29, 1.82) is 0 Å². The molecule has 0 saturated heterocycles. The summed E-state index contributed by atoms with van der Waals surface area (Å²) < 4.78 is 10.7. The fourth-order valence-corrected chi connectivity index (χ4v) is 1.86. The number of benzene rings is 1. The molecule has 1 aliphatic carbocycles. The third-order valence-electron chi connectivity index (χ3n) is 3.34. The van der Waals surface area contributed by atoms with Gasteiger partial charge in [-0.2, -0.15) is 0 Å². The Morgan fingerprint density at radius 3 is 2.70 bits per heavy atom.